The van der Waals surface area contributed by atoms with Crippen LogP contribution in [0.1, 0.15) is 16.8 Å². The van der Waals surface area contributed by atoms with E-state index in [4.69, 9.17) is 5.73 Å². The molecule has 0 radical (unpaired) electrons. The molecule has 0 aromatic carbocycles. The number of primary amides is 1. The van der Waals surface area contributed by atoms with Crippen molar-refractivity contribution in [3.63, 3.8) is 0 Å². The van der Waals surface area contributed by atoms with Gasteiger partial charge in [0.25, 0.3) is 0 Å². The fraction of sp³-hybridized carbons (Fsp3) is 0.556. The van der Waals surface area contributed by atoms with Gasteiger partial charge < -0.3 is 16.4 Å². The third-order valence-electron chi connectivity index (χ3n) is 1.80. The Morgan fingerprint density at radius 2 is 2.40 bits per heavy atom. The van der Waals surface area contributed by atoms with E-state index in [9.17, 15) is 4.79 Å². The smallest absolute Gasteiger partial charge is 0.312 e. The van der Waals surface area contributed by atoms with Crippen molar-refractivity contribution in [3.05, 3.63) is 16.1 Å². The molecule has 0 aliphatic rings. The molecule has 0 aliphatic heterocycles. The second kappa shape index (κ2) is 6.36. The van der Waals surface area contributed by atoms with Crippen molar-refractivity contribution in [2.75, 3.05) is 13.1 Å². The quantitative estimate of drug-likeness (QED) is 0.619. The highest BCUT2D eigenvalue weighted by Crippen LogP contribution is 2.12. The van der Waals surface area contributed by atoms with Gasteiger partial charge in [0.15, 0.2) is 0 Å². The lowest BCUT2D eigenvalue weighted by Crippen LogP contribution is -2.35. The fourth-order valence-corrected chi connectivity index (χ4v) is 1.91. The predicted octanol–water partition coefficient (Wildman–Crippen LogP) is 0.463. The highest BCUT2D eigenvalue weighted by molar-refractivity contribution is 7.11. The van der Waals surface area contributed by atoms with Crippen LogP contribution < -0.4 is 16.4 Å². The van der Waals surface area contributed by atoms with Gasteiger partial charge in [0.05, 0.1) is 5.01 Å². The Morgan fingerprint density at radius 1 is 1.60 bits per heavy atom. The summed E-state index contributed by atoms with van der Waals surface area (Å²) in [5, 5.41) is 6.86. The topological polar surface area (TPSA) is 80.0 Å². The number of rotatable bonds is 6. The number of aryl methyl sites for hydroxylation is 1. The zero-order valence-electron chi connectivity index (χ0n) is 8.75. The van der Waals surface area contributed by atoms with E-state index in [1.807, 2.05) is 6.20 Å². The molecule has 1 rings (SSSR count). The van der Waals surface area contributed by atoms with Crippen molar-refractivity contribution >= 4 is 17.4 Å². The largest absolute Gasteiger partial charge is 0.352 e. The van der Waals surface area contributed by atoms with Crippen molar-refractivity contribution in [2.45, 2.75) is 19.9 Å². The molecule has 0 fully saturated rings. The zero-order valence-corrected chi connectivity index (χ0v) is 9.56. The summed E-state index contributed by atoms with van der Waals surface area (Å²) in [7, 11) is 0. The van der Waals surface area contributed by atoms with Gasteiger partial charge in [-0.2, -0.15) is 0 Å². The number of nitrogens with one attached hydrogen (secondary N) is 2. The van der Waals surface area contributed by atoms with Gasteiger partial charge in [-0.15, -0.1) is 11.3 Å². The molecular formula is C9H16N4OS. The first-order valence-corrected chi connectivity index (χ1v) is 5.71. The first-order valence-electron chi connectivity index (χ1n) is 4.90. The average molecular weight is 228 g/mol. The lowest BCUT2D eigenvalue weighted by Gasteiger charge is -2.02. The second-order valence-electron chi connectivity index (χ2n) is 3.04. The Labute approximate surface area is 93.1 Å². The monoisotopic (exact) mass is 228 g/mol. The fourth-order valence-electron chi connectivity index (χ4n) is 1.08. The Bertz CT molecular complexity index is 313. The van der Waals surface area contributed by atoms with Crippen LogP contribution in [-0.4, -0.2) is 24.1 Å². The van der Waals surface area contributed by atoms with Crippen molar-refractivity contribution in [1.29, 1.82) is 0 Å². The predicted molar refractivity (Wildman–Crippen MR) is 60.8 cm³/mol. The Kier molecular flexibility index (Phi) is 5.06. The third kappa shape index (κ3) is 4.75. The van der Waals surface area contributed by atoms with E-state index in [0.717, 1.165) is 18.0 Å². The first-order chi connectivity index (χ1) is 7.22. The molecule has 2 amide bonds. The molecule has 6 heteroatoms. The van der Waals surface area contributed by atoms with Crippen molar-refractivity contribution in [1.82, 2.24) is 15.6 Å². The molecule has 0 bridgehead atoms. The van der Waals surface area contributed by atoms with E-state index in [-0.39, 0.29) is 0 Å². The normalized spacial score (nSPS) is 10.2. The number of nitrogens with two attached hydrogens (primary N) is 1. The summed E-state index contributed by atoms with van der Waals surface area (Å²) >= 11 is 1.71. The van der Waals surface area contributed by atoms with E-state index in [1.54, 1.807) is 11.3 Å². The van der Waals surface area contributed by atoms with Crippen molar-refractivity contribution in [3.8, 4) is 0 Å². The van der Waals surface area contributed by atoms with E-state index in [0.29, 0.717) is 13.1 Å². The van der Waals surface area contributed by atoms with Gasteiger partial charge in [-0.1, -0.05) is 6.92 Å². The van der Waals surface area contributed by atoms with E-state index in [1.165, 1.54) is 4.88 Å². The van der Waals surface area contributed by atoms with Crippen LogP contribution in [0.3, 0.4) is 0 Å². The molecule has 4 N–H and O–H groups in total. The van der Waals surface area contributed by atoms with Gasteiger partial charge in [0.1, 0.15) is 0 Å². The van der Waals surface area contributed by atoms with Gasteiger partial charge in [0, 0.05) is 30.7 Å². The summed E-state index contributed by atoms with van der Waals surface area (Å²) in [5.74, 6) is 0. The Morgan fingerprint density at radius 3 is 3.00 bits per heavy atom. The maximum Gasteiger partial charge on any atom is 0.312 e. The molecule has 1 aromatic heterocycles. The van der Waals surface area contributed by atoms with Gasteiger partial charge in [-0.05, 0) is 6.42 Å². The number of nitrogens with zero attached hydrogens (tertiary/aromatic N) is 1. The van der Waals surface area contributed by atoms with Crippen LogP contribution in [0.4, 0.5) is 4.79 Å². The summed E-state index contributed by atoms with van der Waals surface area (Å²) in [6, 6.07) is -0.483. The van der Waals surface area contributed by atoms with Crippen LogP contribution in [0.15, 0.2) is 6.20 Å². The maximum atomic E-state index is 10.4. The SMILES string of the molecule is CCc1ncc(CNCCNC(N)=O)s1. The number of aromatic nitrogens is 1. The molecule has 0 unspecified atom stereocenters. The number of urea groups is 1. The van der Waals surface area contributed by atoms with Crippen LogP contribution in [0, 0.1) is 0 Å². The van der Waals surface area contributed by atoms with Gasteiger partial charge in [0.2, 0.25) is 0 Å². The van der Waals surface area contributed by atoms with E-state index in [2.05, 4.69) is 22.5 Å². The minimum atomic E-state index is -0.483. The number of hydrogen-bond acceptors (Lipinski definition) is 4. The first kappa shape index (κ1) is 11.9. The minimum Gasteiger partial charge on any atom is -0.352 e. The molecule has 15 heavy (non-hydrogen) atoms. The van der Waals surface area contributed by atoms with Crippen LogP contribution in [0.5, 0.6) is 0 Å². The molecule has 0 atom stereocenters. The lowest BCUT2D eigenvalue weighted by atomic mass is 10.5. The number of hydrogen-bond donors (Lipinski definition) is 3. The van der Waals surface area contributed by atoms with Crippen LogP contribution in [0.25, 0.3) is 0 Å². The molecule has 0 spiro atoms. The Balaban J connectivity index is 2.12. The van der Waals surface area contributed by atoms with Crippen LogP contribution in [-0.2, 0) is 13.0 Å². The number of carbonyl (C=O) groups is 1. The van der Waals surface area contributed by atoms with Gasteiger partial charge in [-0.25, -0.2) is 9.78 Å². The molecule has 84 valence electrons. The highest BCUT2D eigenvalue weighted by atomic mass is 32.1. The van der Waals surface area contributed by atoms with Crippen LogP contribution >= 0.6 is 11.3 Å². The lowest BCUT2D eigenvalue weighted by molar-refractivity contribution is 0.249. The zero-order chi connectivity index (χ0) is 11.1. The summed E-state index contributed by atoms with van der Waals surface area (Å²) in [6.07, 6.45) is 2.87. The van der Waals surface area contributed by atoms with Gasteiger partial charge >= 0.3 is 6.03 Å². The maximum absolute atomic E-state index is 10.4. The summed E-state index contributed by atoms with van der Waals surface area (Å²) < 4.78 is 0. The van der Waals surface area contributed by atoms with Crippen molar-refractivity contribution in [2.24, 2.45) is 5.73 Å². The summed E-state index contributed by atoms with van der Waals surface area (Å²) in [6.45, 7) is 4.14. The van der Waals surface area contributed by atoms with Crippen LogP contribution in [0.2, 0.25) is 0 Å². The highest BCUT2D eigenvalue weighted by Gasteiger charge is 1.99. The minimum absolute atomic E-state index is 0.483. The summed E-state index contributed by atoms with van der Waals surface area (Å²) in [5.41, 5.74) is 4.92. The molecule has 1 heterocycles. The molecule has 5 nitrogen and oxygen atoms in total. The molecular weight excluding hydrogens is 212 g/mol. The second-order valence-corrected chi connectivity index (χ2v) is 4.24. The number of carbonyl (C=O) groups excluding carboxylic acids is 1. The molecule has 0 saturated carbocycles. The number of amides is 2. The Hall–Kier alpha value is -1.14. The standard InChI is InChI=1S/C9H16N4OS/c1-2-8-13-6-7(15-8)5-11-3-4-12-9(10)14/h6,11H,2-5H2,1H3,(H3,10,12,14). The molecule has 1 aromatic rings. The van der Waals surface area contributed by atoms with E-state index >= 15 is 0 Å². The molecule has 0 saturated heterocycles. The summed E-state index contributed by atoms with van der Waals surface area (Å²) in [4.78, 5) is 15.8. The van der Waals surface area contributed by atoms with E-state index < -0.39 is 6.03 Å². The van der Waals surface area contributed by atoms with Gasteiger partial charge in [-0.3, -0.25) is 0 Å². The number of thiazole rings is 1. The third-order valence-corrected chi connectivity index (χ3v) is 2.95. The molecule has 0 aliphatic carbocycles. The van der Waals surface area contributed by atoms with Crippen molar-refractivity contribution < 1.29 is 4.79 Å². The average Bonchev–Trinajstić information content (AvgIpc) is 2.65.